The van der Waals surface area contributed by atoms with Crippen molar-refractivity contribution in [2.75, 3.05) is 0 Å². The van der Waals surface area contributed by atoms with Crippen LogP contribution in [0.1, 0.15) is 15.9 Å². The van der Waals surface area contributed by atoms with Crippen molar-refractivity contribution in [1.29, 1.82) is 0 Å². The van der Waals surface area contributed by atoms with Crippen LogP contribution in [0.5, 0.6) is 0 Å². The minimum atomic E-state index is -0.0348. The van der Waals surface area contributed by atoms with E-state index in [2.05, 4.69) is 9.97 Å². The summed E-state index contributed by atoms with van der Waals surface area (Å²) in [6.07, 6.45) is 8.48. The van der Waals surface area contributed by atoms with E-state index in [1.54, 1.807) is 30.7 Å². The molecule has 2 aromatic heterocycles. The molecule has 0 fully saturated rings. The molecule has 0 aliphatic carbocycles. The Kier molecular flexibility index (Phi) is 3.33. The number of hydrogen-bond acceptors (Lipinski definition) is 3. The number of allylic oxidation sites excluding steroid dienone is 1. The summed E-state index contributed by atoms with van der Waals surface area (Å²) in [7, 11) is 0. The highest BCUT2D eigenvalue weighted by molar-refractivity contribution is 6.14. The van der Waals surface area contributed by atoms with Crippen LogP contribution < -0.4 is 0 Å². The first kappa shape index (κ1) is 12.2. The van der Waals surface area contributed by atoms with Crippen LogP contribution in [0.3, 0.4) is 0 Å². The summed E-state index contributed by atoms with van der Waals surface area (Å²) in [6.45, 7) is 0. The Morgan fingerprint density at radius 3 is 2.75 bits per heavy atom. The molecule has 0 bridgehead atoms. The monoisotopic (exact) mass is 260 g/mol. The van der Waals surface area contributed by atoms with Crippen LogP contribution in [-0.2, 0) is 0 Å². The number of ketones is 1. The summed E-state index contributed by atoms with van der Waals surface area (Å²) in [5, 5.41) is 0.871. The Morgan fingerprint density at radius 2 is 1.90 bits per heavy atom. The average Bonchev–Trinajstić information content (AvgIpc) is 2.53. The average molecular weight is 260 g/mol. The normalized spacial score (nSPS) is 11.0. The summed E-state index contributed by atoms with van der Waals surface area (Å²) in [6, 6.07) is 13.1. The SMILES string of the molecule is O=C(C=Cc1cccnc1)c1cccc2ncccc12. The summed E-state index contributed by atoms with van der Waals surface area (Å²) in [4.78, 5) is 20.6. The van der Waals surface area contributed by atoms with Gasteiger partial charge in [-0.2, -0.15) is 0 Å². The molecular weight excluding hydrogens is 248 g/mol. The van der Waals surface area contributed by atoms with Crippen molar-refractivity contribution in [3.05, 3.63) is 78.3 Å². The molecule has 0 spiro atoms. The van der Waals surface area contributed by atoms with E-state index in [-0.39, 0.29) is 5.78 Å². The molecule has 0 amide bonds. The third-order valence-corrected chi connectivity index (χ3v) is 3.02. The fourth-order valence-electron chi connectivity index (χ4n) is 2.05. The number of carbonyl (C=O) groups is 1. The zero-order valence-electron chi connectivity index (χ0n) is 10.7. The lowest BCUT2D eigenvalue weighted by Gasteiger charge is -2.02. The predicted octanol–water partition coefficient (Wildman–Crippen LogP) is 3.53. The predicted molar refractivity (Wildman–Crippen MR) is 79.3 cm³/mol. The number of carbonyl (C=O) groups excluding carboxylic acids is 1. The van der Waals surface area contributed by atoms with Gasteiger partial charge in [0.2, 0.25) is 0 Å². The zero-order valence-corrected chi connectivity index (χ0v) is 10.7. The lowest BCUT2D eigenvalue weighted by molar-refractivity contribution is 0.104. The van der Waals surface area contributed by atoms with Gasteiger partial charge in [-0.25, -0.2) is 0 Å². The molecule has 0 saturated carbocycles. The Hall–Kier alpha value is -2.81. The fourth-order valence-corrected chi connectivity index (χ4v) is 2.05. The molecule has 2 heterocycles. The van der Waals surface area contributed by atoms with Crippen molar-refractivity contribution in [1.82, 2.24) is 9.97 Å². The molecule has 0 aliphatic heterocycles. The lowest BCUT2D eigenvalue weighted by Crippen LogP contribution is -1.96. The molecule has 3 nitrogen and oxygen atoms in total. The summed E-state index contributed by atoms with van der Waals surface area (Å²) >= 11 is 0. The van der Waals surface area contributed by atoms with Gasteiger partial charge < -0.3 is 0 Å². The van der Waals surface area contributed by atoms with E-state index >= 15 is 0 Å². The highest BCUT2D eigenvalue weighted by atomic mass is 16.1. The van der Waals surface area contributed by atoms with Gasteiger partial charge in [0.25, 0.3) is 0 Å². The molecule has 3 rings (SSSR count). The van der Waals surface area contributed by atoms with Crippen molar-refractivity contribution in [2.24, 2.45) is 0 Å². The topological polar surface area (TPSA) is 42.9 Å². The third-order valence-electron chi connectivity index (χ3n) is 3.02. The molecule has 3 aromatic rings. The molecule has 0 N–H and O–H groups in total. The Morgan fingerprint density at radius 1 is 1.00 bits per heavy atom. The van der Waals surface area contributed by atoms with Gasteiger partial charge in [-0.05, 0) is 35.9 Å². The molecule has 0 unspecified atom stereocenters. The minimum absolute atomic E-state index is 0.0348. The van der Waals surface area contributed by atoms with Crippen LogP contribution >= 0.6 is 0 Å². The molecule has 96 valence electrons. The van der Waals surface area contributed by atoms with E-state index < -0.39 is 0 Å². The van der Waals surface area contributed by atoms with Gasteiger partial charge in [0.1, 0.15) is 0 Å². The van der Waals surface area contributed by atoms with E-state index in [1.807, 2.05) is 42.5 Å². The van der Waals surface area contributed by atoms with Gasteiger partial charge in [-0.3, -0.25) is 14.8 Å². The second kappa shape index (κ2) is 5.45. The highest BCUT2D eigenvalue weighted by Crippen LogP contribution is 2.17. The molecule has 0 saturated heterocycles. The van der Waals surface area contributed by atoms with Crippen LogP contribution in [-0.4, -0.2) is 15.8 Å². The number of aromatic nitrogens is 2. The smallest absolute Gasteiger partial charge is 0.186 e. The van der Waals surface area contributed by atoms with Crippen LogP contribution in [0, 0.1) is 0 Å². The number of benzene rings is 1. The van der Waals surface area contributed by atoms with Gasteiger partial charge in [0.05, 0.1) is 5.52 Å². The van der Waals surface area contributed by atoms with Gasteiger partial charge in [0.15, 0.2) is 5.78 Å². The van der Waals surface area contributed by atoms with Crippen molar-refractivity contribution in [3.63, 3.8) is 0 Å². The van der Waals surface area contributed by atoms with Gasteiger partial charge in [-0.15, -0.1) is 0 Å². The molecule has 1 aromatic carbocycles. The van der Waals surface area contributed by atoms with Crippen LogP contribution in [0.2, 0.25) is 0 Å². The zero-order chi connectivity index (χ0) is 13.8. The molecular formula is C17H12N2O. The summed E-state index contributed by atoms with van der Waals surface area (Å²) < 4.78 is 0. The number of rotatable bonds is 3. The summed E-state index contributed by atoms with van der Waals surface area (Å²) in [5.74, 6) is -0.0348. The Balaban J connectivity index is 1.95. The molecule has 0 radical (unpaired) electrons. The number of fused-ring (bicyclic) bond motifs is 1. The number of hydrogen-bond donors (Lipinski definition) is 0. The second-order valence-electron chi connectivity index (χ2n) is 4.36. The molecule has 3 heteroatoms. The minimum Gasteiger partial charge on any atom is -0.289 e. The molecule has 0 aliphatic rings. The van der Waals surface area contributed by atoms with E-state index in [4.69, 9.17) is 0 Å². The fraction of sp³-hybridized carbons (Fsp3) is 0. The van der Waals surface area contributed by atoms with E-state index in [0.29, 0.717) is 5.56 Å². The maximum atomic E-state index is 12.3. The van der Waals surface area contributed by atoms with Crippen LogP contribution in [0.15, 0.2) is 67.1 Å². The van der Waals surface area contributed by atoms with Crippen molar-refractivity contribution < 1.29 is 4.79 Å². The molecule has 0 atom stereocenters. The van der Waals surface area contributed by atoms with Crippen molar-refractivity contribution in [3.8, 4) is 0 Å². The Labute approximate surface area is 116 Å². The van der Waals surface area contributed by atoms with E-state index in [1.165, 1.54) is 0 Å². The first-order valence-electron chi connectivity index (χ1n) is 6.31. The maximum Gasteiger partial charge on any atom is 0.186 e. The van der Waals surface area contributed by atoms with Gasteiger partial charge in [-0.1, -0.05) is 24.3 Å². The third kappa shape index (κ3) is 2.47. The van der Waals surface area contributed by atoms with Crippen molar-refractivity contribution >= 4 is 22.8 Å². The Bertz CT molecular complexity index is 774. The number of nitrogens with zero attached hydrogens (tertiary/aromatic N) is 2. The molecule has 20 heavy (non-hydrogen) atoms. The first-order valence-corrected chi connectivity index (χ1v) is 6.31. The van der Waals surface area contributed by atoms with E-state index in [0.717, 1.165) is 16.5 Å². The number of pyridine rings is 2. The first-order chi connectivity index (χ1) is 9.84. The maximum absolute atomic E-state index is 12.3. The lowest BCUT2D eigenvalue weighted by atomic mass is 10.0. The van der Waals surface area contributed by atoms with Crippen LogP contribution in [0.4, 0.5) is 0 Å². The largest absolute Gasteiger partial charge is 0.289 e. The highest BCUT2D eigenvalue weighted by Gasteiger charge is 2.06. The van der Waals surface area contributed by atoms with E-state index in [9.17, 15) is 4.79 Å². The van der Waals surface area contributed by atoms with Crippen LogP contribution in [0.25, 0.3) is 17.0 Å². The quantitative estimate of drug-likeness (QED) is 0.534. The van der Waals surface area contributed by atoms with Gasteiger partial charge >= 0.3 is 0 Å². The second-order valence-corrected chi connectivity index (χ2v) is 4.36. The van der Waals surface area contributed by atoms with Gasteiger partial charge in [0, 0.05) is 29.5 Å². The standard InChI is InChI=1S/C17H12N2O/c20-17(9-8-13-4-2-10-18-12-13)15-5-1-7-16-14(15)6-3-11-19-16/h1-12H. The van der Waals surface area contributed by atoms with Crippen molar-refractivity contribution in [2.45, 2.75) is 0 Å². The summed E-state index contributed by atoms with van der Waals surface area (Å²) in [5.41, 5.74) is 2.39.